The second-order valence-electron chi connectivity index (χ2n) is 3.51. The van der Waals surface area contributed by atoms with Crippen LogP contribution in [0.4, 0.5) is 4.39 Å². The lowest BCUT2D eigenvalue weighted by atomic mass is 10.2. The van der Waals surface area contributed by atoms with Gasteiger partial charge >= 0.3 is 0 Å². The number of hydrogen-bond donors (Lipinski definition) is 0. The van der Waals surface area contributed by atoms with Crippen molar-refractivity contribution in [3.8, 4) is 5.69 Å². The molecule has 0 spiro atoms. The Morgan fingerprint density at radius 2 is 2.31 bits per heavy atom. The van der Waals surface area contributed by atoms with Gasteiger partial charge in [0.2, 0.25) is 0 Å². The Bertz CT molecular complexity index is 521. The maximum Gasteiger partial charge on any atom is 0.135 e. The average Bonchev–Trinajstić information content (AvgIpc) is 2.65. The number of carbonyl (C=O) groups is 1. The predicted molar refractivity (Wildman–Crippen MR) is 55.7 cm³/mol. The molecule has 4 nitrogen and oxygen atoms in total. The van der Waals surface area contributed by atoms with Crippen molar-refractivity contribution in [1.29, 1.82) is 0 Å². The predicted octanol–water partition coefficient (Wildman–Crippen LogP) is 1.54. The number of benzene rings is 1. The topological polar surface area (TPSA) is 47.8 Å². The van der Waals surface area contributed by atoms with E-state index in [0.29, 0.717) is 11.4 Å². The molecule has 0 amide bonds. The molecule has 0 aliphatic heterocycles. The number of Topliss-reactive ketones (excluding diaryl/α,β-unsaturated/α-hetero) is 1. The van der Waals surface area contributed by atoms with E-state index in [2.05, 4.69) is 10.3 Å². The van der Waals surface area contributed by atoms with Crippen molar-refractivity contribution in [1.82, 2.24) is 15.0 Å². The summed E-state index contributed by atoms with van der Waals surface area (Å²) in [6.45, 7) is 1.49. The summed E-state index contributed by atoms with van der Waals surface area (Å²) in [4.78, 5) is 10.9. The normalized spacial score (nSPS) is 10.4. The fourth-order valence-electron chi connectivity index (χ4n) is 1.38. The number of hydrogen-bond acceptors (Lipinski definition) is 3. The van der Waals surface area contributed by atoms with Gasteiger partial charge < -0.3 is 0 Å². The lowest BCUT2D eigenvalue weighted by Gasteiger charge is -1.98. The first-order valence-corrected chi connectivity index (χ1v) is 4.82. The van der Waals surface area contributed by atoms with Crippen molar-refractivity contribution in [2.75, 3.05) is 0 Å². The smallest absolute Gasteiger partial charge is 0.135 e. The van der Waals surface area contributed by atoms with Gasteiger partial charge in [-0.05, 0) is 25.1 Å². The second-order valence-corrected chi connectivity index (χ2v) is 3.51. The molecule has 2 rings (SSSR count). The van der Waals surface area contributed by atoms with E-state index >= 15 is 0 Å². The van der Waals surface area contributed by atoms with Gasteiger partial charge in [0.1, 0.15) is 11.6 Å². The average molecular weight is 219 g/mol. The van der Waals surface area contributed by atoms with E-state index in [1.54, 1.807) is 18.3 Å². The standard InChI is InChI=1S/C11H10FN3O/c1-8(16)5-10-7-15(14-13-10)11-4-2-3-9(12)6-11/h2-4,6-7H,5H2,1H3. The van der Waals surface area contributed by atoms with Gasteiger partial charge in [0.25, 0.3) is 0 Å². The Morgan fingerprint density at radius 3 is 3.00 bits per heavy atom. The number of carbonyl (C=O) groups excluding carboxylic acids is 1. The van der Waals surface area contributed by atoms with Crippen LogP contribution in [0.25, 0.3) is 5.69 Å². The van der Waals surface area contributed by atoms with E-state index in [4.69, 9.17) is 0 Å². The Kier molecular flexibility index (Phi) is 2.76. The van der Waals surface area contributed by atoms with E-state index in [0.717, 1.165) is 0 Å². The number of nitrogens with zero attached hydrogens (tertiary/aromatic N) is 3. The fourth-order valence-corrected chi connectivity index (χ4v) is 1.38. The molecule has 0 unspecified atom stereocenters. The molecule has 1 heterocycles. The molecule has 82 valence electrons. The van der Waals surface area contributed by atoms with Gasteiger partial charge in [-0.25, -0.2) is 9.07 Å². The van der Waals surface area contributed by atoms with Gasteiger partial charge in [-0.1, -0.05) is 11.3 Å². The molecule has 1 aromatic carbocycles. The van der Waals surface area contributed by atoms with Crippen LogP contribution in [0.5, 0.6) is 0 Å². The molecular weight excluding hydrogens is 209 g/mol. The van der Waals surface area contributed by atoms with Crippen molar-refractivity contribution in [2.45, 2.75) is 13.3 Å². The Hall–Kier alpha value is -2.04. The summed E-state index contributed by atoms with van der Waals surface area (Å²) in [7, 11) is 0. The van der Waals surface area contributed by atoms with Gasteiger partial charge in [0.05, 0.1) is 24.0 Å². The zero-order valence-corrected chi connectivity index (χ0v) is 8.72. The van der Waals surface area contributed by atoms with Crippen LogP contribution in [0.15, 0.2) is 30.5 Å². The van der Waals surface area contributed by atoms with Crippen molar-refractivity contribution >= 4 is 5.78 Å². The fraction of sp³-hybridized carbons (Fsp3) is 0.182. The van der Waals surface area contributed by atoms with Gasteiger partial charge in [-0.2, -0.15) is 0 Å². The van der Waals surface area contributed by atoms with Crippen LogP contribution < -0.4 is 0 Å². The zero-order valence-electron chi connectivity index (χ0n) is 8.72. The van der Waals surface area contributed by atoms with E-state index in [1.165, 1.54) is 23.7 Å². The Balaban J connectivity index is 2.28. The molecule has 5 heteroatoms. The monoisotopic (exact) mass is 219 g/mol. The van der Waals surface area contributed by atoms with Crippen LogP contribution >= 0.6 is 0 Å². The lowest BCUT2D eigenvalue weighted by molar-refractivity contribution is -0.116. The van der Waals surface area contributed by atoms with Crippen LogP contribution in [-0.4, -0.2) is 20.8 Å². The third kappa shape index (κ3) is 2.31. The quantitative estimate of drug-likeness (QED) is 0.786. The van der Waals surface area contributed by atoms with Gasteiger partial charge in [-0.3, -0.25) is 4.79 Å². The summed E-state index contributed by atoms with van der Waals surface area (Å²) in [5.41, 5.74) is 1.17. The minimum atomic E-state index is -0.332. The molecule has 0 aliphatic rings. The van der Waals surface area contributed by atoms with Crippen LogP contribution in [0.2, 0.25) is 0 Å². The Labute approximate surface area is 91.7 Å². The SMILES string of the molecule is CC(=O)Cc1cn(-c2cccc(F)c2)nn1. The van der Waals surface area contributed by atoms with E-state index in [9.17, 15) is 9.18 Å². The van der Waals surface area contributed by atoms with Crippen LogP contribution in [0, 0.1) is 5.82 Å². The second kappa shape index (κ2) is 4.22. The minimum Gasteiger partial charge on any atom is -0.300 e. The largest absolute Gasteiger partial charge is 0.300 e. The molecule has 16 heavy (non-hydrogen) atoms. The Morgan fingerprint density at radius 1 is 1.50 bits per heavy atom. The van der Waals surface area contributed by atoms with Gasteiger partial charge in [0, 0.05) is 0 Å². The third-order valence-corrected chi connectivity index (χ3v) is 2.04. The summed E-state index contributed by atoms with van der Waals surface area (Å²) < 4.78 is 14.4. The van der Waals surface area contributed by atoms with Crippen molar-refractivity contribution in [3.05, 3.63) is 42.0 Å². The van der Waals surface area contributed by atoms with Crippen molar-refractivity contribution in [3.63, 3.8) is 0 Å². The number of halogens is 1. The highest BCUT2D eigenvalue weighted by Crippen LogP contribution is 2.08. The first-order chi connectivity index (χ1) is 7.65. The molecule has 0 bridgehead atoms. The van der Waals surface area contributed by atoms with E-state index < -0.39 is 0 Å². The van der Waals surface area contributed by atoms with Crippen LogP contribution in [-0.2, 0) is 11.2 Å². The maximum absolute atomic E-state index is 13.0. The lowest BCUT2D eigenvalue weighted by Crippen LogP contribution is -1.96. The molecule has 0 saturated heterocycles. The molecule has 2 aromatic rings. The minimum absolute atomic E-state index is 0.0197. The van der Waals surface area contributed by atoms with Crippen LogP contribution in [0.3, 0.4) is 0 Å². The number of ketones is 1. The molecular formula is C11H10FN3O. The summed E-state index contributed by atoms with van der Waals surface area (Å²) in [5.74, 6) is -0.313. The highest BCUT2D eigenvalue weighted by Gasteiger charge is 2.05. The number of aromatic nitrogens is 3. The first-order valence-electron chi connectivity index (χ1n) is 4.82. The molecule has 0 atom stereocenters. The van der Waals surface area contributed by atoms with Crippen LogP contribution in [0.1, 0.15) is 12.6 Å². The highest BCUT2D eigenvalue weighted by molar-refractivity contribution is 5.77. The molecule has 0 aliphatic carbocycles. The summed E-state index contributed by atoms with van der Waals surface area (Å²) in [5, 5.41) is 7.66. The van der Waals surface area contributed by atoms with E-state index in [1.807, 2.05) is 0 Å². The highest BCUT2D eigenvalue weighted by atomic mass is 19.1. The summed E-state index contributed by atoms with van der Waals surface area (Å²) in [6, 6.07) is 6.02. The summed E-state index contributed by atoms with van der Waals surface area (Å²) in [6.07, 6.45) is 1.87. The first kappa shape index (κ1) is 10.5. The zero-order chi connectivity index (χ0) is 11.5. The van der Waals surface area contributed by atoms with Crippen molar-refractivity contribution in [2.24, 2.45) is 0 Å². The van der Waals surface area contributed by atoms with Crippen molar-refractivity contribution < 1.29 is 9.18 Å². The maximum atomic E-state index is 13.0. The third-order valence-electron chi connectivity index (χ3n) is 2.04. The molecule has 0 radical (unpaired) electrons. The number of rotatable bonds is 3. The molecule has 1 aromatic heterocycles. The summed E-state index contributed by atoms with van der Waals surface area (Å²) >= 11 is 0. The van der Waals surface area contributed by atoms with Gasteiger partial charge in [-0.15, -0.1) is 5.10 Å². The molecule has 0 N–H and O–H groups in total. The molecule has 0 fully saturated rings. The molecule has 0 saturated carbocycles. The van der Waals surface area contributed by atoms with E-state index in [-0.39, 0.29) is 18.0 Å². The van der Waals surface area contributed by atoms with Gasteiger partial charge in [0.15, 0.2) is 0 Å².